The van der Waals surface area contributed by atoms with Crippen LogP contribution in [0.3, 0.4) is 0 Å². The molecule has 2 amide bonds. The lowest BCUT2D eigenvalue weighted by atomic mass is 10.1. The fourth-order valence-corrected chi connectivity index (χ4v) is 1.76. The molecular formula is C14H19ClN2O3. The summed E-state index contributed by atoms with van der Waals surface area (Å²) >= 11 is 5.98. The summed E-state index contributed by atoms with van der Waals surface area (Å²) < 4.78 is 0. The monoisotopic (exact) mass is 298 g/mol. The van der Waals surface area contributed by atoms with Crippen molar-refractivity contribution in [2.45, 2.75) is 26.8 Å². The van der Waals surface area contributed by atoms with E-state index >= 15 is 0 Å². The number of hydrogen-bond donors (Lipinski definition) is 3. The molecule has 0 heterocycles. The van der Waals surface area contributed by atoms with Crippen LogP contribution >= 0.6 is 11.6 Å². The molecule has 3 N–H and O–H groups in total. The van der Waals surface area contributed by atoms with Crippen LogP contribution in [-0.2, 0) is 9.59 Å². The minimum absolute atomic E-state index is 0.0626. The number of nitrogens with one attached hydrogen (secondary N) is 2. The maximum Gasteiger partial charge on any atom is 0.313 e. The average Bonchev–Trinajstić information content (AvgIpc) is 2.40. The van der Waals surface area contributed by atoms with Crippen molar-refractivity contribution < 1.29 is 14.7 Å². The molecule has 0 spiro atoms. The lowest BCUT2D eigenvalue weighted by Gasteiger charge is -2.18. The Balaban J connectivity index is 2.64. The van der Waals surface area contributed by atoms with Crippen LogP contribution in [0.1, 0.15) is 19.4 Å². The Hall–Kier alpha value is -1.59. The van der Waals surface area contributed by atoms with Crippen molar-refractivity contribution in [3.8, 4) is 0 Å². The van der Waals surface area contributed by atoms with Crippen LogP contribution in [-0.4, -0.2) is 29.6 Å². The van der Waals surface area contributed by atoms with E-state index in [-0.39, 0.29) is 18.6 Å². The first-order chi connectivity index (χ1) is 9.35. The van der Waals surface area contributed by atoms with Crippen molar-refractivity contribution in [2.24, 2.45) is 5.92 Å². The summed E-state index contributed by atoms with van der Waals surface area (Å²) in [6.07, 6.45) is 0. The van der Waals surface area contributed by atoms with Gasteiger partial charge in [-0.25, -0.2) is 0 Å². The van der Waals surface area contributed by atoms with Crippen molar-refractivity contribution in [2.75, 3.05) is 11.9 Å². The number of carbonyl (C=O) groups excluding carboxylic acids is 2. The highest BCUT2D eigenvalue weighted by Gasteiger charge is 2.20. The number of benzene rings is 1. The van der Waals surface area contributed by atoms with Gasteiger partial charge < -0.3 is 15.7 Å². The Morgan fingerprint density at radius 3 is 2.50 bits per heavy atom. The molecule has 0 radical (unpaired) electrons. The van der Waals surface area contributed by atoms with Crippen LogP contribution in [0.25, 0.3) is 0 Å². The fourth-order valence-electron chi connectivity index (χ4n) is 1.47. The van der Waals surface area contributed by atoms with E-state index in [4.69, 9.17) is 16.7 Å². The number of aliphatic hydroxyl groups excluding tert-OH is 1. The van der Waals surface area contributed by atoms with E-state index in [2.05, 4.69) is 10.6 Å². The van der Waals surface area contributed by atoms with Gasteiger partial charge in [-0.1, -0.05) is 24.6 Å². The van der Waals surface area contributed by atoms with Crippen LogP contribution in [0.2, 0.25) is 5.02 Å². The molecule has 1 rings (SSSR count). The highest BCUT2D eigenvalue weighted by atomic mass is 35.5. The molecule has 1 aromatic carbocycles. The molecule has 0 aliphatic heterocycles. The van der Waals surface area contributed by atoms with E-state index in [1.165, 1.54) is 0 Å². The number of carbonyl (C=O) groups is 2. The second-order valence-electron chi connectivity index (χ2n) is 4.86. The van der Waals surface area contributed by atoms with Crippen LogP contribution in [0.15, 0.2) is 18.2 Å². The molecule has 5 nitrogen and oxygen atoms in total. The lowest BCUT2D eigenvalue weighted by Crippen LogP contribution is -2.44. The normalized spacial score (nSPS) is 13.4. The smallest absolute Gasteiger partial charge is 0.313 e. The third-order valence-electron chi connectivity index (χ3n) is 3.08. The zero-order valence-electron chi connectivity index (χ0n) is 11.7. The predicted molar refractivity (Wildman–Crippen MR) is 78.7 cm³/mol. The van der Waals surface area contributed by atoms with Crippen molar-refractivity contribution >= 4 is 29.1 Å². The predicted octanol–water partition coefficient (Wildman–Crippen LogP) is 1.72. The number of halogens is 1. The van der Waals surface area contributed by atoms with Gasteiger partial charge >= 0.3 is 11.8 Å². The third kappa shape index (κ3) is 4.51. The lowest BCUT2D eigenvalue weighted by molar-refractivity contribution is -0.136. The van der Waals surface area contributed by atoms with Crippen LogP contribution in [0.4, 0.5) is 5.69 Å². The SMILES string of the molecule is Cc1ccc(NC(=O)C(=O)NC(C)C(C)CO)c(Cl)c1. The van der Waals surface area contributed by atoms with Gasteiger partial charge in [0.25, 0.3) is 0 Å². The quantitative estimate of drug-likeness (QED) is 0.741. The van der Waals surface area contributed by atoms with Gasteiger partial charge in [0, 0.05) is 12.6 Å². The minimum atomic E-state index is -0.784. The Bertz CT molecular complexity index is 505. The van der Waals surface area contributed by atoms with Gasteiger partial charge in [-0.05, 0) is 37.5 Å². The second-order valence-corrected chi connectivity index (χ2v) is 5.27. The Morgan fingerprint density at radius 2 is 1.95 bits per heavy atom. The molecule has 2 atom stereocenters. The Kier molecular flexibility index (Phi) is 5.98. The molecular weight excluding hydrogens is 280 g/mol. The highest BCUT2D eigenvalue weighted by molar-refractivity contribution is 6.41. The molecule has 0 fully saturated rings. The Labute approximate surface area is 123 Å². The zero-order valence-corrected chi connectivity index (χ0v) is 12.5. The van der Waals surface area contributed by atoms with E-state index in [0.29, 0.717) is 10.7 Å². The molecule has 0 aliphatic rings. The van der Waals surface area contributed by atoms with Crippen molar-refractivity contribution in [3.05, 3.63) is 28.8 Å². The summed E-state index contributed by atoms with van der Waals surface area (Å²) in [7, 11) is 0. The van der Waals surface area contributed by atoms with E-state index in [0.717, 1.165) is 5.56 Å². The first-order valence-electron chi connectivity index (χ1n) is 6.34. The maximum absolute atomic E-state index is 11.8. The number of anilines is 1. The number of aryl methyl sites for hydroxylation is 1. The highest BCUT2D eigenvalue weighted by Crippen LogP contribution is 2.22. The summed E-state index contributed by atoms with van der Waals surface area (Å²) in [4.78, 5) is 23.5. The summed E-state index contributed by atoms with van der Waals surface area (Å²) in [6.45, 7) is 5.32. The second kappa shape index (κ2) is 7.26. The molecule has 0 aliphatic carbocycles. The first kappa shape index (κ1) is 16.5. The molecule has 0 aromatic heterocycles. The van der Waals surface area contributed by atoms with E-state index < -0.39 is 11.8 Å². The molecule has 1 aromatic rings. The molecule has 2 unspecified atom stereocenters. The van der Waals surface area contributed by atoms with E-state index in [9.17, 15) is 9.59 Å². The molecule has 0 saturated carbocycles. The summed E-state index contributed by atoms with van der Waals surface area (Å²) in [5.41, 5.74) is 1.35. The van der Waals surface area contributed by atoms with Gasteiger partial charge in [-0.3, -0.25) is 9.59 Å². The number of hydrogen-bond acceptors (Lipinski definition) is 3. The average molecular weight is 299 g/mol. The summed E-state index contributed by atoms with van der Waals surface area (Å²) in [6, 6.07) is 4.83. The largest absolute Gasteiger partial charge is 0.396 e. The summed E-state index contributed by atoms with van der Waals surface area (Å²) in [5, 5.41) is 14.3. The summed E-state index contributed by atoms with van der Waals surface area (Å²) in [5.74, 6) is -1.67. The van der Waals surface area contributed by atoms with Gasteiger partial charge in [0.15, 0.2) is 0 Å². The van der Waals surface area contributed by atoms with E-state index in [1.807, 2.05) is 6.92 Å². The van der Waals surface area contributed by atoms with Crippen LogP contribution < -0.4 is 10.6 Å². The van der Waals surface area contributed by atoms with Gasteiger partial charge in [-0.15, -0.1) is 0 Å². The van der Waals surface area contributed by atoms with Gasteiger partial charge in [-0.2, -0.15) is 0 Å². The zero-order chi connectivity index (χ0) is 15.3. The number of aliphatic hydroxyl groups is 1. The first-order valence-corrected chi connectivity index (χ1v) is 6.71. The van der Waals surface area contributed by atoms with Crippen molar-refractivity contribution in [3.63, 3.8) is 0 Å². The maximum atomic E-state index is 11.8. The molecule has 6 heteroatoms. The molecule has 0 bridgehead atoms. The molecule has 20 heavy (non-hydrogen) atoms. The third-order valence-corrected chi connectivity index (χ3v) is 3.39. The number of rotatable bonds is 4. The topological polar surface area (TPSA) is 78.4 Å². The van der Waals surface area contributed by atoms with Crippen LogP contribution in [0, 0.1) is 12.8 Å². The van der Waals surface area contributed by atoms with E-state index in [1.54, 1.807) is 32.0 Å². The van der Waals surface area contributed by atoms with Gasteiger partial charge in [0.1, 0.15) is 0 Å². The van der Waals surface area contributed by atoms with Crippen molar-refractivity contribution in [1.82, 2.24) is 5.32 Å². The fraction of sp³-hybridized carbons (Fsp3) is 0.429. The molecule has 0 saturated heterocycles. The van der Waals surface area contributed by atoms with Crippen LogP contribution in [0.5, 0.6) is 0 Å². The van der Waals surface area contributed by atoms with Gasteiger partial charge in [0.05, 0.1) is 10.7 Å². The Morgan fingerprint density at radius 1 is 1.30 bits per heavy atom. The minimum Gasteiger partial charge on any atom is -0.396 e. The number of amides is 2. The van der Waals surface area contributed by atoms with Gasteiger partial charge in [0.2, 0.25) is 0 Å². The standard InChI is InChI=1S/C14H19ClN2O3/c1-8-4-5-12(11(15)6-8)17-14(20)13(19)16-10(3)9(2)7-18/h4-6,9-10,18H,7H2,1-3H3,(H,16,19)(H,17,20). The van der Waals surface area contributed by atoms with Crippen molar-refractivity contribution in [1.29, 1.82) is 0 Å². The molecule has 110 valence electrons.